The molecule has 1 N–H and O–H groups in total. The summed E-state index contributed by atoms with van der Waals surface area (Å²) in [5.74, 6) is 1.73. The van der Waals surface area contributed by atoms with Gasteiger partial charge in [-0.2, -0.15) is 11.8 Å². The Bertz CT molecular complexity index is 488. The Balaban J connectivity index is 1.69. The van der Waals surface area contributed by atoms with Gasteiger partial charge in [0.25, 0.3) is 0 Å². The second-order valence-electron chi connectivity index (χ2n) is 4.97. The van der Waals surface area contributed by atoms with E-state index in [4.69, 9.17) is 0 Å². The van der Waals surface area contributed by atoms with Gasteiger partial charge in [0.15, 0.2) is 9.84 Å². The Kier molecular flexibility index (Phi) is 6.35. The summed E-state index contributed by atoms with van der Waals surface area (Å²) < 4.78 is 23.5. The third kappa shape index (κ3) is 5.04. The highest BCUT2D eigenvalue weighted by molar-refractivity contribution is 8.00. The number of nitrogens with one attached hydrogen (secondary N) is 1. The summed E-state index contributed by atoms with van der Waals surface area (Å²) in [5, 5.41) is 5.20. The monoisotopic (exact) mass is 334 g/mol. The summed E-state index contributed by atoms with van der Waals surface area (Å²) in [6.07, 6.45) is 2.39. The van der Waals surface area contributed by atoms with Crippen LogP contribution in [0.15, 0.2) is 17.5 Å². The van der Waals surface area contributed by atoms with Gasteiger partial charge in [-0.1, -0.05) is 6.07 Å². The fraction of sp³-hybridized carbons (Fsp3) is 0.692. The predicted molar refractivity (Wildman–Crippen MR) is 88.4 cm³/mol. The minimum Gasteiger partial charge on any atom is -0.315 e. The van der Waals surface area contributed by atoms with E-state index < -0.39 is 9.84 Å². The van der Waals surface area contributed by atoms with Crippen molar-refractivity contribution < 1.29 is 8.42 Å². The van der Waals surface area contributed by atoms with Gasteiger partial charge in [0.05, 0.1) is 0 Å². The van der Waals surface area contributed by atoms with Crippen LogP contribution in [-0.2, 0) is 16.3 Å². The van der Waals surface area contributed by atoms with Crippen molar-refractivity contribution in [2.24, 2.45) is 0 Å². The molecule has 2 heterocycles. The summed E-state index contributed by atoms with van der Waals surface area (Å²) in [6.45, 7) is 3.48. The first-order valence-corrected chi connectivity index (χ1v) is 10.8. The van der Waals surface area contributed by atoms with Crippen LogP contribution in [0.1, 0.15) is 4.88 Å². The maximum Gasteiger partial charge on any atom is 0.164 e. The molecule has 0 spiro atoms. The van der Waals surface area contributed by atoms with Crippen LogP contribution in [0.2, 0.25) is 0 Å². The van der Waals surface area contributed by atoms with Crippen molar-refractivity contribution in [3.05, 3.63) is 22.4 Å². The lowest BCUT2D eigenvalue weighted by molar-refractivity contribution is 0.270. The smallest absolute Gasteiger partial charge is 0.164 e. The van der Waals surface area contributed by atoms with Crippen LogP contribution in [-0.4, -0.2) is 62.6 Å². The van der Waals surface area contributed by atoms with Crippen LogP contribution in [0.25, 0.3) is 0 Å². The van der Waals surface area contributed by atoms with E-state index in [1.165, 1.54) is 11.1 Å². The van der Waals surface area contributed by atoms with E-state index >= 15 is 0 Å². The SMILES string of the molecule is CS(=O)(=O)C1CSCCN1CCNCCc1cccs1. The van der Waals surface area contributed by atoms with Gasteiger partial charge in [-0.25, -0.2) is 8.42 Å². The van der Waals surface area contributed by atoms with E-state index in [2.05, 4.69) is 27.7 Å². The zero-order chi connectivity index (χ0) is 14.4. The summed E-state index contributed by atoms with van der Waals surface area (Å²) in [7, 11) is -2.97. The molecule has 2 rings (SSSR count). The van der Waals surface area contributed by atoms with E-state index in [0.717, 1.165) is 38.4 Å². The maximum atomic E-state index is 11.8. The first-order valence-electron chi connectivity index (χ1n) is 6.81. The van der Waals surface area contributed by atoms with Crippen molar-refractivity contribution in [2.45, 2.75) is 11.8 Å². The molecule has 1 atom stereocenters. The zero-order valence-electron chi connectivity index (χ0n) is 11.7. The quantitative estimate of drug-likeness (QED) is 0.762. The lowest BCUT2D eigenvalue weighted by Crippen LogP contribution is -2.49. The van der Waals surface area contributed by atoms with Crippen LogP contribution in [0.5, 0.6) is 0 Å². The average Bonchev–Trinajstić information content (AvgIpc) is 2.91. The normalized spacial score (nSPS) is 21.1. The lowest BCUT2D eigenvalue weighted by atomic mass is 10.3. The fourth-order valence-corrected chi connectivity index (χ4v) is 5.96. The number of nitrogens with zero attached hydrogens (tertiary/aromatic N) is 1. The van der Waals surface area contributed by atoms with Crippen molar-refractivity contribution >= 4 is 32.9 Å². The van der Waals surface area contributed by atoms with Gasteiger partial charge in [-0.15, -0.1) is 11.3 Å². The van der Waals surface area contributed by atoms with E-state index in [9.17, 15) is 8.42 Å². The molecule has 0 bridgehead atoms. The molecule has 20 heavy (non-hydrogen) atoms. The first kappa shape index (κ1) is 16.3. The number of hydrogen-bond donors (Lipinski definition) is 1. The largest absolute Gasteiger partial charge is 0.315 e. The molecule has 0 aromatic carbocycles. The number of hydrogen-bond acceptors (Lipinski definition) is 6. The molecule has 7 heteroatoms. The van der Waals surface area contributed by atoms with Crippen molar-refractivity contribution in [1.29, 1.82) is 0 Å². The molecule has 0 aliphatic carbocycles. The van der Waals surface area contributed by atoms with Crippen LogP contribution in [0.4, 0.5) is 0 Å². The van der Waals surface area contributed by atoms with Gasteiger partial charge < -0.3 is 5.32 Å². The Hall–Kier alpha value is -0.0800. The van der Waals surface area contributed by atoms with Gasteiger partial charge in [-0.3, -0.25) is 4.90 Å². The van der Waals surface area contributed by atoms with Crippen molar-refractivity contribution in [1.82, 2.24) is 10.2 Å². The van der Waals surface area contributed by atoms with Crippen molar-refractivity contribution in [3.8, 4) is 0 Å². The summed E-state index contributed by atoms with van der Waals surface area (Å²) in [6, 6.07) is 4.22. The summed E-state index contributed by atoms with van der Waals surface area (Å²) in [4.78, 5) is 3.49. The third-order valence-corrected chi connectivity index (χ3v) is 7.01. The third-order valence-electron chi connectivity index (χ3n) is 3.39. The van der Waals surface area contributed by atoms with Gasteiger partial charge in [0.1, 0.15) is 5.37 Å². The Labute approximate surface area is 129 Å². The fourth-order valence-electron chi connectivity index (χ4n) is 2.28. The molecular formula is C13H22N2O2S3. The van der Waals surface area contributed by atoms with Gasteiger partial charge in [0, 0.05) is 48.8 Å². The maximum absolute atomic E-state index is 11.8. The second-order valence-corrected chi connectivity index (χ2v) is 9.36. The number of thioether (sulfide) groups is 1. The van der Waals surface area contributed by atoms with E-state index in [1.807, 2.05) is 0 Å². The van der Waals surface area contributed by atoms with Crippen LogP contribution < -0.4 is 5.32 Å². The zero-order valence-corrected chi connectivity index (χ0v) is 14.2. The molecule has 0 saturated carbocycles. The second kappa shape index (κ2) is 7.79. The number of sulfone groups is 1. The minimum atomic E-state index is -2.97. The molecule has 1 aliphatic heterocycles. The Morgan fingerprint density at radius 1 is 1.45 bits per heavy atom. The minimum absolute atomic E-state index is 0.305. The molecule has 0 radical (unpaired) electrons. The average molecular weight is 335 g/mol. The van der Waals surface area contributed by atoms with E-state index in [0.29, 0.717) is 5.75 Å². The number of thiophene rings is 1. The van der Waals surface area contributed by atoms with E-state index in [-0.39, 0.29) is 5.37 Å². The van der Waals surface area contributed by atoms with Gasteiger partial charge in [0.2, 0.25) is 0 Å². The first-order chi connectivity index (χ1) is 9.57. The van der Waals surface area contributed by atoms with Gasteiger partial charge >= 0.3 is 0 Å². The van der Waals surface area contributed by atoms with Gasteiger partial charge in [-0.05, 0) is 17.9 Å². The molecule has 0 amide bonds. The molecule has 1 unspecified atom stereocenters. The Morgan fingerprint density at radius 3 is 3.00 bits per heavy atom. The van der Waals surface area contributed by atoms with Crippen molar-refractivity contribution in [3.63, 3.8) is 0 Å². The Morgan fingerprint density at radius 2 is 2.30 bits per heavy atom. The lowest BCUT2D eigenvalue weighted by Gasteiger charge is -2.33. The molecular weight excluding hydrogens is 312 g/mol. The van der Waals surface area contributed by atoms with Crippen LogP contribution >= 0.6 is 23.1 Å². The standard InChI is InChI=1S/C13H22N2O2S3/c1-20(16,17)13-11-18-10-8-15(13)7-6-14-5-4-12-3-2-9-19-12/h2-3,9,13-14H,4-8,10-11H2,1H3. The molecule has 1 aromatic rings. The molecule has 1 aliphatic rings. The van der Waals surface area contributed by atoms with E-state index in [1.54, 1.807) is 23.1 Å². The predicted octanol–water partition coefficient (Wildman–Crippen LogP) is 1.30. The highest BCUT2D eigenvalue weighted by Gasteiger charge is 2.30. The molecule has 1 fully saturated rings. The molecule has 1 aromatic heterocycles. The van der Waals surface area contributed by atoms with Crippen molar-refractivity contribution in [2.75, 3.05) is 43.9 Å². The van der Waals surface area contributed by atoms with Crippen LogP contribution in [0.3, 0.4) is 0 Å². The summed E-state index contributed by atoms with van der Waals surface area (Å²) >= 11 is 3.52. The highest BCUT2D eigenvalue weighted by atomic mass is 32.2. The number of rotatable bonds is 7. The molecule has 1 saturated heterocycles. The molecule has 4 nitrogen and oxygen atoms in total. The van der Waals surface area contributed by atoms with Crippen LogP contribution in [0, 0.1) is 0 Å². The topological polar surface area (TPSA) is 49.4 Å². The highest BCUT2D eigenvalue weighted by Crippen LogP contribution is 2.19. The molecule has 114 valence electrons. The summed E-state index contributed by atoms with van der Waals surface area (Å²) in [5.41, 5.74) is 0.